The average Bonchev–Trinajstić information content (AvgIpc) is 3.11. The van der Waals surface area contributed by atoms with Crippen molar-refractivity contribution in [3.63, 3.8) is 0 Å². The Hall–Kier alpha value is -3.23. The van der Waals surface area contributed by atoms with Gasteiger partial charge in [-0.2, -0.15) is 0 Å². The average molecular weight is 518 g/mol. The van der Waals surface area contributed by atoms with Crippen molar-refractivity contribution in [1.29, 1.82) is 0 Å². The number of aliphatic hydroxyl groups excluding tert-OH is 1. The molecule has 1 saturated heterocycles. The van der Waals surface area contributed by atoms with E-state index in [9.17, 15) is 14.7 Å². The Morgan fingerprint density at radius 2 is 1.81 bits per heavy atom. The van der Waals surface area contributed by atoms with E-state index in [-0.39, 0.29) is 30.4 Å². The van der Waals surface area contributed by atoms with E-state index >= 15 is 0 Å². The first-order chi connectivity index (χ1) is 17.2. The van der Waals surface area contributed by atoms with Crippen molar-refractivity contribution >= 4 is 29.1 Å². The summed E-state index contributed by atoms with van der Waals surface area (Å²) < 4.78 is 22.1. The molecule has 1 aliphatic heterocycles. The molecule has 0 saturated carbocycles. The minimum absolute atomic E-state index is 0.0409. The normalized spacial score (nSPS) is 17.1. The molecule has 0 spiro atoms. The molecule has 36 heavy (non-hydrogen) atoms. The second-order valence-corrected chi connectivity index (χ2v) is 9.09. The van der Waals surface area contributed by atoms with Crippen molar-refractivity contribution in [2.75, 3.05) is 40.6 Å². The molecule has 1 heterocycles. The summed E-state index contributed by atoms with van der Waals surface area (Å²) in [6.07, 6.45) is 0. The Labute approximate surface area is 216 Å². The van der Waals surface area contributed by atoms with Crippen molar-refractivity contribution in [3.05, 3.63) is 58.1 Å². The molecule has 1 fully saturated rings. The van der Waals surface area contributed by atoms with Gasteiger partial charge in [-0.3, -0.25) is 9.59 Å². The number of methoxy groups -OCH3 is 2. The maximum absolute atomic E-state index is 13.2. The van der Waals surface area contributed by atoms with Crippen LogP contribution in [-0.4, -0.2) is 62.3 Å². The monoisotopic (exact) mass is 517 g/mol. The number of likely N-dealkylation sites (tertiary alicyclic amines) is 1. The van der Waals surface area contributed by atoms with Gasteiger partial charge in [0.25, 0.3) is 11.7 Å². The van der Waals surface area contributed by atoms with E-state index in [1.807, 2.05) is 20.8 Å². The number of halogens is 1. The first kappa shape index (κ1) is 27.4. The zero-order valence-electron chi connectivity index (χ0n) is 21.2. The first-order valence-electron chi connectivity index (χ1n) is 11.7. The highest BCUT2D eigenvalue weighted by Gasteiger charge is 2.46. The standard InChI is InChI=1S/C27H32ClNO7/c1-6-35-21-14-18(7-9-19(21)28)25(30)23-24(29(11-12-33-4)27(32)26(23)31)17-8-10-20(34-5)22(13-17)36-15-16(2)3/h7-10,13-14,16,24,30H,6,11-12,15H2,1-5H3/b25-23-. The summed E-state index contributed by atoms with van der Waals surface area (Å²) in [6.45, 7) is 7.06. The quantitative estimate of drug-likeness (QED) is 0.258. The topological polar surface area (TPSA) is 94.5 Å². The van der Waals surface area contributed by atoms with Crippen LogP contribution in [0.3, 0.4) is 0 Å². The second kappa shape index (κ2) is 12.1. The molecular weight excluding hydrogens is 486 g/mol. The van der Waals surface area contributed by atoms with Crippen LogP contribution in [-0.2, 0) is 14.3 Å². The van der Waals surface area contributed by atoms with Crippen LogP contribution in [0.2, 0.25) is 5.02 Å². The summed E-state index contributed by atoms with van der Waals surface area (Å²) in [4.78, 5) is 27.7. The van der Waals surface area contributed by atoms with E-state index in [0.29, 0.717) is 46.6 Å². The predicted molar refractivity (Wildman–Crippen MR) is 137 cm³/mol. The Balaban J connectivity index is 2.17. The van der Waals surface area contributed by atoms with Crippen LogP contribution in [0.5, 0.6) is 17.2 Å². The van der Waals surface area contributed by atoms with Gasteiger partial charge in [0.1, 0.15) is 11.5 Å². The maximum atomic E-state index is 13.2. The summed E-state index contributed by atoms with van der Waals surface area (Å²) >= 11 is 6.20. The molecule has 2 aromatic carbocycles. The molecule has 0 radical (unpaired) electrons. The van der Waals surface area contributed by atoms with Crippen LogP contribution < -0.4 is 14.2 Å². The third-order valence-electron chi connectivity index (χ3n) is 5.66. The summed E-state index contributed by atoms with van der Waals surface area (Å²) in [7, 11) is 3.05. The third-order valence-corrected chi connectivity index (χ3v) is 5.97. The first-order valence-corrected chi connectivity index (χ1v) is 12.1. The van der Waals surface area contributed by atoms with E-state index in [1.165, 1.54) is 12.0 Å². The SMILES string of the molecule is CCOc1cc(/C(O)=C2/C(=O)C(=O)N(CCOC)C2c2ccc(OC)c(OCC(C)C)c2)ccc1Cl. The predicted octanol–water partition coefficient (Wildman–Crippen LogP) is 4.85. The van der Waals surface area contributed by atoms with Crippen molar-refractivity contribution < 1.29 is 33.6 Å². The zero-order chi connectivity index (χ0) is 26.4. The molecule has 2 aromatic rings. The number of hydrogen-bond acceptors (Lipinski definition) is 7. The zero-order valence-corrected chi connectivity index (χ0v) is 21.9. The summed E-state index contributed by atoms with van der Waals surface area (Å²) in [5.74, 6) is -0.202. The number of nitrogens with zero attached hydrogens (tertiary/aromatic N) is 1. The van der Waals surface area contributed by atoms with E-state index in [0.717, 1.165) is 0 Å². The molecule has 0 bridgehead atoms. The van der Waals surface area contributed by atoms with Gasteiger partial charge in [-0.15, -0.1) is 0 Å². The van der Waals surface area contributed by atoms with Crippen molar-refractivity contribution in [2.45, 2.75) is 26.8 Å². The lowest BCUT2D eigenvalue weighted by Crippen LogP contribution is -2.32. The Morgan fingerprint density at radius 3 is 2.44 bits per heavy atom. The molecule has 1 aliphatic rings. The molecule has 0 aromatic heterocycles. The fraction of sp³-hybridized carbons (Fsp3) is 0.407. The fourth-order valence-corrected chi connectivity index (χ4v) is 4.12. The highest BCUT2D eigenvalue weighted by Crippen LogP contribution is 2.42. The highest BCUT2D eigenvalue weighted by atomic mass is 35.5. The number of benzene rings is 2. The number of Topliss-reactive ketones (excluding diaryl/α,β-unsaturated/α-hetero) is 1. The molecule has 0 aliphatic carbocycles. The molecule has 8 nitrogen and oxygen atoms in total. The Kier molecular flexibility index (Phi) is 9.23. The molecule has 1 unspecified atom stereocenters. The minimum atomic E-state index is -0.862. The summed E-state index contributed by atoms with van der Waals surface area (Å²) in [5.41, 5.74) is 0.855. The summed E-state index contributed by atoms with van der Waals surface area (Å²) in [6, 6.07) is 9.03. The lowest BCUT2D eigenvalue weighted by Gasteiger charge is -2.26. The smallest absolute Gasteiger partial charge is 0.295 e. The lowest BCUT2D eigenvalue weighted by atomic mass is 9.95. The molecule has 3 rings (SSSR count). The number of amides is 1. The van der Waals surface area contributed by atoms with Crippen molar-refractivity contribution in [3.8, 4) is 17.2 Å². The maximum Gasteiger partial charge on any atom is 0.295 e. The van der Waals surface area contributed by atoms with Crippen LogP contribution >= 0.6 is 11.6 Å². The second-order valence-electron chi connectivity index (χ2n) is 8.68. The number of carbonyl (C=O) groups excluding carboxylic acids is 2. The lowest BCUT2D eigenvalue weighted by molar-refractivity contribution is -0.140. The van der Waals surface area contributed by atoms with E-state index < -0.39 is 17.7 Å². The number of carbonyl (C=O) groups is 2. The van der Waals surface area contributed by atoms with Gasteiger partial charge >= 0.3 is 0 Å². The number of ether oxygens (including phenoxy) is 4. The van der Waals surface area contributed by atoms with Gasteiger partial charge in [0.05, 0.1) is 43.6 Å². The van der Waals surface area contributed by atoms with Crippen LogP contribution in [0.4, 0.5) is 0 Å². The van der Waals surface area contributed by atoms with E-state index in [1.54, 1.807) is 43.5 Å². The molecule has 194 valence electrons. The third kappa shape index (κ3) is 5.77. The molecule has 1 N–H and O–H groups in total. The number of aliphatic hydroxyl groups is 1. The molecular formula is C27H32ClNO7. The van der Waals surface area contributed by atoms with Crippen molar-refractivity contribution in [1.82, 2.24) is 4.90 Å². The number of ketones is 1. The van der Waals surface area contributed by atoms with Gasteiger partial charge in [-0.25, -0.2) is 0 Å². The van der Waals surface area contributed by atoms with Gasteiger partial charge < -0.3 is 29.0 Å². The van der Waals surface area contributed by atoms with Crippen LogP contribution in [0, 0.1) is 5.92 Å². The Bertz CT molecular complexity index is 1140. The molecule has 1 amide bonds. The largest absolute Gasteiger partial charge is 0.507 e. The van der Waals surface area contributed by atoms with E-state index in [2.05, 4.69) is 0 Å². The highest BCUT2D eigenvalue weighted by molar-refractivity contribution is 6.46. The van der Waals surface area contributed by atoms with Gasteiger partial charge in [0.2, 0.25) is 0 Å². The van der Waals surface area contributed by atoms with E-state index in [4.69, 9.17) is 30.5 Å². The number of hydrogen-bond donors (Lipinski definition) is 1. The number of rotatable bonds is 11. The summed E-state index contributed by atoms with van der Waals surface area (Å²) in [5, 5.41) is 11.7. The Morgan fingerprint density at radius 1 is 1.06 bits per heavy atom. The van der Waals surface area contributed by atoms with Gasteiger partial charge in [-0.1, -0.05) is 31.5 Å². The van der Waals surface area contributed by atoms with Crippen molar-refractivity contribution in [2.24, 2.45) is 5.92 Å². The molecule has 1 atom stereocenters. The van der Waals surface area contributed by atoms with Gasteiger partial charge in [-0.05, 0) is 48.7 Å². The minimum Gasteiger partial charge on any atom is -0.507 e. The van der Waals surface area contributed by atoms with Gasteiger partial charge in [0.15, 0.2) is 11.5 Å². The van der Waals surface area contributed by atoms with Crippen LogP contribution in [0.25, 0.3) is 5.76 Å². The van der Waals surface area contributed by atoms with Crippen LogP contribution in [0.1, 0.15) is 37.9 Å². The molecule has 9 heteroatoms. The van der Waals surface area contributed by atoms with Crippen LogP contribution in [0.15, 0.2) is 42.0 Å². The fourth-order valence-electron chi connectivity index (χ4n) is 3.95. The van der Waals surface area contributed by atoms with Gasteiger partial charge in [0, 0.05) is 19.2 Å².